The van der Waals surface area contributed by atoms with Crippen LogP contribution in [0.4, 0.5) is 4.79 Å². The van der Waals surface area contributed by atoms with Gasteiger partial charge in [0.1, 0.15) is 10.2 Å². The maximum atomic E-state index is 11.5. The number of hydrogen-bond donors (Lipinski definition) is 1. The number of nitrogens with zero attached hydrogens (tertiary/aromatic N) is 3. The summed E-state index contributed by atoms with van der Waals surface area (Å²) in [7, 11) is 0. The second-order valence-corrected chi connectivity index (χ2v) is 5.88. The van der Waals surface area contributed by atoms with Crippen LogP contribution in [-0.4, -0.2) is 26.3 Å². The topological polar surface area (TPSA) is 68.5 Å². The largest absolute Gasteiger partial charge is 0.444 e. The fourth-order valence-electron chi connectivity index (χ4n) is 1.47. The number of aromatic nitrogens is 3. The molecule has 2 aromatic heterocycles. The third kappa shape index (κ3) is 3.66. The number of carbonyl (C=O) groups is 1. The van der Waals surface area contributed by atoms with Crippen molar-refractivity contribution in [2.75, 3.05) is 0 Å². The monoisotopic (exact) mass is 326 g/mol. The summed E-state index contributed by atoms with van der Waals surface area (Å²) in [5.74, 6) is 0. The maximum Gasteiger partial charge on any atom is 0.407 e. The molecule has 0 bridgehead atoms. The van der Waals surface area contributed by atoms with Crippen LogP contribution in [0.25, 0.3) is 5.65 Å². The zero-order valence-electron chi connectivity index (χ0n) is 11.0. The number of hydrogen-bond acceptors (Lipinski definition) is 4. The van der Waals surface area contributed by atoms with E-state index in [9.17, 15) is 4.79 Å². The van der Waals surface area contributed by atoms with Crippen molar-refractivity contribution in [3.05, 3.63) is 28.6 Å². The highest BCUT2D eigenvalue weighted by molar-refractivity contribution is 9.10. The van der Waals surface area contributed by atoms with Gasteiger partial charge in [0, 0.05) is 6.54 Å². The average Bonchev–Trinajstić information content (AvgIpc) is 2.66. The molecule has 0 fully saturated rings. The number of fused-ring (bicyclic) bond motifs is 1. The summed E-state index contributed by atoms with van der Waals surface area (Å²) in [5, 5.41) is 6.89. The van der Waals surface area contributed by atoms with Crippen LogP contribution in [0.3, 0.4) is 0 Å². The van der Waals surface area contributed by atoms with Gasteiger partial charge >= 0.3 is 6.09 Å². The Hall–Kier alpha value is -1.63. The Balaban J connectivity index is 2.00. The SMILES string of the molecule is CC(C)(C)OC(=O)NCc1cnn2c(Br)cnc2c1. The number of rotatable bonds is 2. The summed E-state index contributed by atoms with van der Waals surface area (Å²) in [5.41, 5.74) is 1.08. The van der Waals surface area contributed by atoms with E-state index < -0.39 is 11.7 Å². The molecule has 2 heterocycles. The Bertz CT molecular complexity index is 603. The van der Waals surface area contributed by atoms with Crippen molar-refractivity contribution in [1.29, 1.82) is 0 Å². The summed E-state index contributed by atoms with van der Waals surface area (Å²) < 4.78 is 7.60. The lowest BCUT2D eigenvalue weighted by molar-refractivity contribution is 0.0523. The van der Waals surface area contributed by atoms with Crippen LogP contribution in [0.15, 0.2) is 23.1 Å². The molecular formula is C12H15BrN4O2. The molecule has 1 amide bonds. The Labute approximate surface area is 119 Å². The van der Waals surface area contributed by atoms with Gasteiger partial charge in [-0.05, 0) is 48.3 Å². The zero-order chi connectivity index (χ0) is 14.0. The lowest BCUT2D eigenvalue weighted by Crippen LogP contribution is -2.32. The Morgan fingerprint density at radius 2 is 2.21 bits per heavy atom. The molecule has 102 valence electrons. The summed E-state index contributed by atoms with van der Waals surface area (Å²) >= 11 is 3.33. The highest BCUT2D eigenvalue weighted by Crippen LogP contribution is 2.12. The van der Waals surface area contributed by atoms with E-state index in [1.54, 1.807) is 16.9 Å². The molecule has 0 radical (unpaired) electrons. The highest BCUT2D eigenvalue weighted by Gasteiger charge is 2.15. The van der Waals surface area contributed by atoms with Gasteiger partial charge in [-0.1, -0.05) is 0 Å². The van der Waals surface area contributed by atoms with Crippen LogP contribution < -0.4 is 5.32 Å². The molecule has 1 N–H and O–H groups in total. The van der Waals surface area contributed by atoms with Crippen molar-refractivity contribution < 1.29 is 9.53 Å². The Kier molecular flexibility index (Phi) is 3.75. The number of amides is 1. The molecular weight excluding hydrogens is 312 g/mol. The first-order valence-electron chi connectivity index (χ1n) is 5.80. The summed E-state index contributed by atoms with van der Waals surface area (Å²) in [6.45, 7) is 5.82. The van der Waals surface area contributed by atoms with Crippen LogP contribution in [0.2, 0.25) is 0 Å². The summed E-state index contributed by atoms with van der Waals surface area (Å²) in [6, 6.07) is 1.86. The Morgan fingerprint density at radius 1 is 1.47 bits per heavy atom. The van der Waals surface area contributed by atoms with E-state index in [1.165, 1.54) is 0 Å². The number of carbonyl (C=O) groups excluding carboxylic acids is 1. The standard InChI is InChI=1S/C12H15BrN4O2/c1-12(2,3)19-11(18)15-5-8-4-10-14-7-9(13)17(10)16-6-8/h4,6-7H,5H2,1-3H3,(H,15,18). The van der Waals surface area contributed by atoms with Crippen molar-refractivity contribution in [1.82, 2.24) is 19.9 Å². The molecule has 0 spiro atoms. The fraction of sp³-hybridized carbons (Fsp3) is 0.417. The first-order valence-corrected chi connectivity index (χ1v) is 6.59. The molecule has 0 unspecified atom stereocenters. The predicted molar refractivity (Wildman–Crippen MR) is 73.8 cm³/mol. The minimum atomic E-state index is -0.500. The summed E-state index contributed by atoms with van der Waals surface area (Å²) in [4.78, 5) is 15.7. The molecule has 7 heteroatoms. The molecule has 19 heavy (non-hydrogen) atoms. The van der Waals surface area contributed by atoms with Gasteiger partial charge in [0.05, 0.1) is 12.4 Å². The van der Waals surface area contributed by atoms with Crippen LogP contribution in [0.1, 0.15) is 26.3 Å². The van der Waals surface area contributed by atoms with Crippen molar-refractivity contribution >= 4 is 27.7 Å². The van der Waals surface area contributed by atoms with Crippen molar-refractivity contribution in [2.24, 2.45) is 0 Å². The van der Waals surface area contributed by atoms with Gasteiger partial charge in [0.15, 0.2) is 5.65 Å². The van der Waals surface area contributed by atoms with Gasteiger partial charge < -0.3 is 10.1 Å². The van der Waals surface area contributed by atoms with Gasteiger partial charge in [0.2, 0.25) is 0 Å². The smallest absolute Gasteiger partial charge is 0.407 e. The number of imidazole rings is 1. The third-order valence-corrected chi connectivity index (χ3v) is 2.75. The van der Waals surface area contributed by atoms with Gasteiger partial charge in [0.25, 0.3) is 0 Å². The molecule has 0 aliphatic carbocycles. The summed E-state index contributed by atoms with van der Waals surface area (Å²) in [6.07, 6.45) is 2.90. The normalized spacial score (nSPS) is 11.6. The van der Waals surface area contributed by atoms with Gasteiger partial charge in [-0.25, -0.2) is 14.3 Å². The molecule has 2 aromatic rings. The van der Waals surface area contributed by atoms with E-state index in [2.05, 4.69) is 31.3 Å². The van der Waals surface area contributed by atoms with Crippen LogP contribution in [0, 0.1) is 0 Å². The second-order valence-electron chi connectivity index (χ2n) is 5.07. The van der Waals surface area contributed by atoms with Gasteiger partial charge in [-0.15, -0.1) is 0 Å². The van der Waals surface area contributed by atoms with Crippen LogP contribution in [0.5, 0.6) is 0 Å². The number of alkyl carbamates (subject to hydrolysis) is 1. The van der Waals surface area contributed by atoms with E-state index in [4.69, 9.17) is 4.74 Å². The number of nitrogens with one attached hydrogen (secondary N) is 1. The van der Waals surface area contributed by atoms with E-state index in [1.807, 2.05) is 26.8 Å². The maximum absolute atomic E-state index is 11.5. The van der Waals surface area contributed by atoms with Crippen LogP contribution in [-0.2, 0) is 11.3 Å². The molecule has 2 rings (SSSR count). The van der Waals surface area contributed by atoms with Gasteiger partial charge in [-0.3, -0.25) is 0 Å². The zero-order valence-corrected chi connectivity index (χ0v) is 12.6. The molecule has 0 saturated heterocycles. The quantitative estimate of drug-likeness (QED) is 0.920. The van der Waals surface area contributed by atoms with Crippen molar-refractivity contribution in [3.8, 4) is 0 Å². The Morgan fingerprint density at radius 3 is 2.89 bits per heavy atom. The van der Waals surface area contributed by atoms with Crippen molar-refractivity contribution in [2.45, 2.75) is 32.9 Å². The van der Waals surface area contributed by atoms with E-state index in [0.717, 1.165) is 15.8 Å². The highest BCUT2D eigenvalue weighted by atomic mass is 79.9. The average molecular weight is 327 g/mol. The van der Waals surface area contributed by atoms with Crippen molar-refractivity contribution in [3.63, 3.8) is 0 Å². The molecule has 0 aromatic carbocycles. The fourth-order valence-corrected chi connectivity index (χ4v) is 1.85. The molecule has 6 nitrogen and oxygen atoms in total. The lowest BCUT2D eigenvalue weighted by atomic mass is 10.2. The number of halogens is 1. The minimum Gasteiger partial charge on any atom is -0.444 e. The second kappa shape index (κ2) is 5.16. The minimum absolute atomic E-state index is 0.350. The molecule has 0 atom stereocenters. The van der Waals surface area contributed by atoms with Crippen LogP contribution >= 0.6 is 15.9 Å². The molecule has 0 saturated carbocycles. The lowest BCUT2D eigenvalue weighted by Gasteiger charge is -2.19. The molecule has 0 aliphatic rings. The molecule has 0 aliphatic heterocycles. The van der Waals surface area contributed by atoms with E-state index in [0.29, 0.717) is 6.54 Å². The van der Waals surface area contributed by atoms with E-state index >= 15 is 0 Å². The van der Waals surface area contributed by atoms with E-state index in [-0.39, 0.29) is 0 Å². The predicted octanol–water partition coefficient (Wildman–Crippen LogP) is 2.52. The third-order valence-electron chi connectivity index (χ3n) is 2.21. The van der Waals surface area contributed by atoms with Gasteiger partial charge in [-0.2, -0.15) is 5.10 Å². The first kappa shape index (κ1) is 13.8. The first-order chi connectivity index (χ1) is 8.85. The number of ether oxygens (including phenoxy) is 1.